The summed E-state index contributed by atoms with van der Waals surface area (Å²) in [4.78, 5) is 7.78. The number of hydrogen-bond acceptors (Lipinski definition) is 6. The smallest absolute Gasteiger partial charge is 0.221 e. The lowest BCUT2D eigenvalue weighted by Crippen LogP contribution is -2.26. The summed E-state index contributed by atoms with van der Waals surface area (Å²) < 4.78 is 5.01. The van der Waals surface area contributed by atoms with Crippen molar-refractivity contribution in [1.29, 1.82) is 0 Å². The maximum atomic E-state index is 8.84. The van der Waals surface area contributed by atoms with Crippen LogP contribution >= 0.6 is 0 Å². The molecule has 6 nitrogen and oxygen atoms in total. The average Bonchev–Trinajstić information content (AvgIpc) is 2.18. The number of nitrogens with two attached hydrogens (primary N) is 1. The first-order valence-electron chi connectivity index (χ1n) is 4.71. The van der Waals surface area contributed by atoms with Crippen molar-refractivity contribution in [3.63, 3.8) is 0 Å². The van der Waals surface area contributed by atoms with Crippen LogP contribution in [-0.2, 0) is 4.74 Å². The zero-order chi connectivity index (χ0) is 11.1. The molecule has 15 heavy (non-hydrogen) atoms. The van der Waals surface area contributed by atoms with E-state index in [1.807, 2.05) is 0 Å². The Hall–Kier alpha value is -1.40. The third-order valence-corrected chi connectivity index (χ3v) is 1.87. The number of nitrogens with one attached hydrogen (secondary N) is 1. The van der Waals surface area contributed by atoms with Gasteiger partial charge in [-0.25, -0.2) is 4.98 Å². The van der Waals surface area contributed by atoms with Crippen molar-refractivity contribution in [2.45, 2.75) is 12.5 Å². The van der Waals surface area contributed by atoms with Crippen molar-refractivity contribution < 1.29 is 9.84 Å². The van der Waals surface area contributed by atoms with Gasteiger partial charge in [0.25, 0.3) is 0 Å². The maximum Gasteiger partial charge on any atom is 0.221 e. The number of nitrogens with zero attached hydrogens (tertiary/aromatic N) is 2. The third-order valence-electron chi connectivity index (χ3n) is 1.87. The lowest BCUT2D eigenvalue weighted by atomic mass is 10.2. The van der Waals surface area contributed by atoms with E-state index in [0.29, 0.717) is 18.8 Å². The van der Waals surface area contributed by atoms with Crippen molar-refractivity contribution in [1.82, 2.24) is 9.97 Å². The monoisotopic (exact) mass is 212 g/mol. The number of aliphatic hydroxyl groups is 1. The number of hydrogen-bond donors (Lipinski definition) is 3. The summed E-state index contributed by atoms with van der Waals surface area (Å²) in [5.74, 6) is 0.859. The summed E-state index contributed by atoms with van der Waals surface area (Å²) in [6.07, 6.45) is 2.17. The highest BCUT2D eigenvalue weighted by Gasteiger charge is 2.08. The highest BCUT2D eigenvalue weighted by Crippen LogP contribution is 2.06. The van der Waals surface area contributed by atoms with Crippen LogP contribution in [-0.4, -0.2) is 41.4 Å². The number of rotatable bonds is 6. The molecule has 0 fully saturated rings. The molecule has 0 bridgehead atoms. The molecule has 1 aromatic heterocycles. The predicted octanol–water partition coefficient (Wildman–Crippen LogP) is -0.132. The van der Waals surface area contributed by atoms with Crippen LogP contribution in [0, 0.1) is 0 Å². The minimum Gasteiger partial charge on any atom is -0.396 e. The highest BCUT2D eigenvalue weighted by molar-refractivity contribution is 5.38. The average molecular weight is 212 g/mol. The van der Waals surface area contributed by atoms with Crippen LogP contribution in [0.2, 0.25) is 0 Å². The summed E-state index contributed by atoms with van der Waals surface area (Å²) in [7, 11) is 1.61. The SMILES string of the molecule is COCC(CCO)Nc1ccnc(N)n1. The number of anilines is 2. The zero-order valence-corrected chi connectivity index (χ0v) is 8.68. The second-order valence-corrected chi connectivity index (χ2v) is 3.11. The molecule has 0 radical (unpaired) electrons. The lowest BCUT2D eigenvalue weighted by Gasteiger charge is -2.17. The van der Waals surface area contributed by atoms with Gasteiger partial charge in [-0.2, -0.15) is 4.98 Å². The molecule has 1 heterocycles. The Balaban J connectivity index is 2.56. The van der Waals surface area contributed by atoms with Crippen molar-refractivity contribution >= 4 is 11.8 Å². The Morgan fingerprint density at radius 3 is 3.07 bits per heavy atom. The van der Waals surface area contributed by atoms with Gasteiger partial charge in [0.05, 0.1) is 12.6 Å². The molecular weight excluding hydrogens is 196 g/mol. The van der Waals surface area contributed by atoms with Gasteiger partial charge in [0, 0.05) is 19.9 Å². The maximum absolute atomic E-state index is 8.84. The largest absolute Gasteiger partial charge is 0.396 e. The van der Waals surface area contributed by atoms with E-state index in [0.717, 1.165) is 0 Å². The van der Waals surface area contributed by atoms with Gasteiger partial charge in [-0.1, -0.05) is 0 Å². The Kier molecular flexibility index (Phi) is 4.79. The van der Waals surface area contributed by atoms with Crippen molar-refractivity contribution in [2.24, 2.45) is 0 Å². The summed E-state index contributed by atoms with van der Waals surface area (Å²) in [5.41, 5.74) is 5.44. The first-order chi connectivity index (χ1) is 7.26. The van der Waals surface area contributed by atoms with Crippen molar-refractivity contribution in [3.05, 3.63) is 12.3 Å². The second-order valence-electron chi connectivity index (χ2n) is 3.11. The Morgan fingerprint density at radius 1 is 1.67 bits per heavy atom. The summed E-state index contributed by atoms with van der Waals surface area (Å²) >= 11 is 0. The van der Waals surface area contributed by atoms with E-state index in [-0.39, 0.29) is 18.6 Å². The van der Waals surface area contributed by atoms with E-state index in [9.17, 15) is 0 Å². The van der Waals surface area contributed by atoms with Crippen LogP contribution in [0.25, 0.3) is 0 Å². The van der Waals surface area contributed by atoms with E-state index >= 15 is 0 Å². The first kappa shape index (κ1) is 11.7. The van der Waals surface area contributed by atoms with Gasteiger partial charge in [-0.15, -0.1) is 0 Å². The van der Waals surface area contributed by atoms with Crippen molar-refractivity contribution in [3.8, 4) is 0 Å². The van der Waals surface area contributed by atoms with Crippen molar-refractivity contribution in [2.75, 3.05) is 31.4 Å². The minimum absolute atomic E-state index is 0.0225. The molecule has 0 aromatic carbocycles. The van der Waals surface area contributed by atoms with Gasteiger partial charge in [-0.3, -0.25) is 0 Å². The molecule has 4 N–H and O–H groups in total. The third kappa shape index (κ3) is 4.09. The number of aromatic nitrogens is 2. The lowest BCUT2D eigenvalue weighted by molar-refractivity contribution is 0.170. The molecule has 6 heteroatoms. The summed E-state index contributed by atoms with van der Waals surface area (Å²) in [6.45, 7) is 0.603. The molecule has 1 unspecified atom stereocenters. The van der Waals surface area contributed by atoms with E-state index in [1.54, 1.807) is 19.4 Å². The highest BCUT2D eigenvalue weighted by atomic mass is 16.5. The Bertz CT molecular complexity index is 289. The van der Waals surface area contributed by atoms with Crippen LogP contribution in [0.1, 0.15) is 6.42 Å². The number of methoxy groups -OCH3 is 1. The fourth-order valence-electron chi connectivity index (χ4n) is 1.22. The van der Waals surface area contributed by atoms with Crippen LogP contribution in [0.4, 0.5) is 11.8 Å². The fourth-order valence-corrected chi connectivity index (χ4v) is 1.22. The molecule has 0 aliphatic heterocycles. The summed E-state index contributed by atoms with van der Waals surface area (Å²) in [5, 5.41) is 11.9. The molecule has 0 aliphatic rings. The van der Waals surface area contributed by atoms with Crippen LogP contribution in [0.5, 0.6) is 0 Å². The molecule has 1 aromatic rings. The molecule has 1 rings (SSSR count). The van der Waals surface area contributed by atoms with Gasteiger partial charge in [0.1, 0.15) is 5.82 Å². The molecule has 0 spiro atoms. The number of aliphatic hydroxyl groups excluding tert-OH is 1. The van der Waals surface area contributed by atoms with Crippen LogP contribution < -0.4 is 11.1 Å². The van der Waals surface area contributed by atoms with Crippen LogP contribution in [0.3, 0.4) is 0 Å². The molecule has 0 saturated carbocycles. The first-order valence-corrected chi connectivity index (χ1v) is 4.71. The minimum atomic E-state index is 0.0225. The number of ether oxygens (including phenoxy) is 1. The topological polar surface area (TPSA) is 93.3 Å². The molecule has 84 valence electrons. The molecular formula is C9H16N4O2. The predicted molar refractivity (Wildman–Crippen MR) is 57.4 cm³/mol. The molecule has 0 aliphatic carbocycles. The standard InChI is InChI=1S/C9H16N4O2/c1-15-6-7(3-5-14)12-8-2-4-11-9(10)13-8/h2,4,7,14H,3,5-6H2,1H3,(H3,10,11,12,13). The van der Waals surface area contributed by atoms with Gasteiger partial charge >= 0.3 is 0 Å². The molecule has 0 saturated heterocycles. The van der Waals surface area contributed by atoms with Gasteiger partial charge in [0.2, 0.25) is 5.95 Å². The quantitative estimate of drug-likeness (QED) is 0.608. The number of nitrogen functional groups attached to an aromatic ring is 1. The van der Waals surface area contributed by atoms with Gasteiger partial charge in [-0.05, 0) is 12.5 Å². The van der Waals surface area contributed by atoms with E-state index in [4.69, 9.17) is 15.6 Å². The van der Waals surface area contributed by atoms with E-state index in [1.165, 1.54) is 0 Å². The fraction of sp³-hybridized carbons (Fsp3) is 0.556. The van der Waals surface area contributed by atoms with E-state index < -0.39 is 0 Å². The van der Waals surface area contributed by atoms with Gasteiger partial charge in [0.15, 0.2) is 0 Å². The zero-order valence-electron chi connectivity index (χ0n) is 8.68. The van der Waals surface area contributed by atoms with Gasteiger partial charge < -0.3 is 20.9 Å². The Morgan fingerprint density at radius 2 is 2.47 bits per heavy atom. The molecule has 1 atom stereocenters. The Labute approximate surface area is 88.5 Å². The normalized spacial score (nSPS) is 12.4. The molecule has 0 amide bonds. The van der Waals surface area contributed by atoms with Crippen LogP contribution in [0.15, 0.2) is 12.3 Å². The summed E-state index contributed by atoms with van der Waals surface area (Å²) in [6, 6.07) is 1.74. The van der Waals surface area contributed by atoms with E-state index in [2.05, 4.69) is 15.3 Å². The second kappa shape index (κ2) is 6.15.